The summed E-state index contributed by atoms with van der Waals surface area (Å²) in [4.78, 5) is 0. The van der Waals surface area contributed by atoms with Crippen LogP contribution in [0.2, 0.25) is 0 Å². The zero-order valence-electron chi connectivity index (χ0n) is 2.34. The Bertz CT molecular complexity index is 24.3. The monoisotopic (exact) mass is 155 g/mol. The molecule has 0 aliphatic heterocycles. The summed E-state index contributed by atoms with van der Waals surface area (Å²) in [6, 6.07) is 0. The van der Waals surface area contributed by atoms with Crippen LogP contribution in [0.5, 0.6) is 0 Å². The molecule has 1 radical (unpaired) electrons. The van der Waals surface area contributed by atoms with Gasteiger partial charge in [0.1, 0.15) is 0 Å². The van der Waals surface area contributed by atoms with Gasteiger partial charge in [-0.2, -0.15) is 0 Å². The van der Waals surface area contributed by atoms with Gasteiger partial charge in [0.05, 0.1) is 0 Å². The molecule has 0 aromatic rings. The third-order valence-electron chi connectivity index (χ3n) is 0. The first-order chi connectivity index (χ1) is 2.00. The molecule has 4 heteroatoms. The summed E-state index contributed by atoms with van der Waals surface area (Å²) >= 11 is 14.8. The molecule has 0 aromatic heterocycles. The van der Waals surface area contributed by atoms with Crippen molar-refractivity contribution in [2.45, 2.75) is 3.79 Å². The van der Waals surface area contributed by atoms with Crippen LogP contribution in [0.3, 0.4) is 0 Å². The van der Waals surface area contributed by atoms with E-state index < -0.39 is 3.79 Å². The predicted molar refractivity (Wildman–Crippen MR) is 32.8 cm³/mol. The van der Waals surface area contributed by atoms with E-state index in [9.17, 15) is 0 Å². The molecule has 0 aromatic carbocycles. The van der Waals surface area contributed by atoms with Crippen LogP contribution < -0.4 is 0 Å². The summed E-state index contributed by atoms with van der Waals surface area (Å²) in [6.45, 7) is 3.07. The molecule has 0 saturated carbocycles. The number of hydrogen-bond acceptors (Lipinski definition) is 0. The molecule has 33 valence electrons. The SMILES string of the molecule is [CH2]C(Cl)(Cl)Cl.[NaH]. The standard InChI is InChI=1S/C2H2Cl3.Na.H/c1-2(3,4)5;;/h1H2;;. The van der Waals surface area contributed by atoms with Crippen LogP contribution >= 0.6 is 34.8 Å². The van der Waals surface area contributed by atoms with Gasteiger partial charge in [0.2, 0.25) is 0 Å². The van der Waals surface area contributed by atoms with Gasteiger partial charge in [-0.3, -0.25) is 0 Å². The van der Waals surface area contributed by atoms with Crippen molar-refractivity contribution in [3.63, 3.8) is 0 Å². The summed E-state index contributed by atoms with van der Waals surface area (Å²) in [5, 5.41) is 0. The maximum absolute atomic E-state index is 4.95. The Hall–Kier alpha value is 1.87. The molecule has 0 amide bonds. The summed E-state index contributed by atoms with van der Waals surface area (Å²) in [5.41, 5.74) is 0. The van der Waals surface area contributed by atoms with Gasteiger partial charge in [0.15, 0.2) is 3.79 Å². The fourth-order valence-electron chi connectivity index (χ4n) is 0. The molecule has 0 bridgehead atoms. The third kappa shape index (κ3) is 39.8. The van der Waals surface area contributed by atoms with E-state index in [0.29, 0.717) is 0 Å². The fraction of sp³-hybridized carbons (Fsp3) is 0.500. The zero-order valence-corrected chi connectivity index (χ0v) is 4.61. The van der Waals surface area contributed by atoms with E-state index in [1.165, 1.54) is 0 Å². The Morgan fingerprint density at radius 3 is 1.17 bits per heavy atom. The molecule has 0 spiro atoms. The third-order valence-corrected chi connectivity index (χ3v) is 0. The summed E-state index contributed by atoms with van der Waals surface area (Å²) < 4.78 is -1.33. The van der Waals surface area contributed by atoms with Crippen molar-refractivity contribution in [1.82, 2.24) is 0 Å². The second kappa shape index (κ2) is 3.82. The minimum atomic E-state index is -1.33. The maximum atomic E-state index is 4.95. The van der Waals surface area contributed by atoms with Crippen molar-refractivity contribution in [2.24, 2.45) is 0 Å². The molecule has 0 aliphatic carbocycles. The van der Waals surface area contributed by atoms with Gasteiger partial charge in [-0.05, 0) is 6.92 Å². The molecule has 0 heterocycles. The van der Waals surface area contributed by atoms with Crippen LogP contribution in [0, 0.1) is 6.92 Å². The average Bonchev–Trinajstić information content (AvgIpc) is 0.722. The van der Waals surface area contributed by atoms with Gasteiger partial charge in [0, 0.05) is 0 Å². The van der Waals surface area contributed by atoms with E-state index in [-0.39, 0.29) is 29.6 Å². The van der Waals surface area contributed by atoms with Crippen molar-refractivity contribution < 1.29 is 0 Å². The molecule has 0 atom stereocenters. The Morgan fingerprint density at radius 2 is 1.17 bits per heavy atom. The van der Waals surface area contributed by atoms with Gasteiger partial charge < -0.3 is 0 Å². The Morgan fingerprint density at radius 1 is 1.17 bits per heavy atom. The molecule has 0 N–H and O–H groups in total. The van der Waals surface area contributed by atoms with E-state index in [0.717, 1.165) is 0 Å². The minimum absolute atomic E-state index is 0. The first-order valence-electron chi connectivity index (χ1n) is 0.921. The van der Waals surface area contributed by atoms with E-state index in [1.807, 2.05) is 0 Å². The number of alkyl halides is 3. The Balaban J connectivity index is 0. The van der Waals surface area contributed by atoms with Crippen molar-refractivity contribution in [3.05, 3.63) is 6.92 Å². The molecular formula is C2H3Cl3Na. The molecule has 0 saturated heterocycles. The average molecular weight is 156 g/mol. The predicted octanol–water partition coefficient (Wildman–Crippen LogP) is 1.54. The van der Waals surface area contributed by atoms with Crippen LogP contribution in [0.4, 0.5) is 0 Å². The van der Waals surface area contributed by atoms with Gasteiger partial charge in [0.25, 0.3) is 0 Å². The van der Waals surface area contributed by atoms with Crippen LogP contribution in [-0.2, 0) is 0 Å². The second-order valence-electron chi connectivity index (χ2n) is 0.615. The van der Waals surface area contributed by atoms with Crippen molar-refractivity contribution in [3.8, 4) is 0 Å². The zero-order chi connectivity index (χ0) is 4.50. The van der Waals surface area contributed by atoms with Crippen LogP contribution in [-0.4, -0.2) is 33.3 Å². The van der Waals surface area contributed by atoms with E-state index in [2.05, 4.69) is 6.92 Å². The molecule has 0 nitrogen and oxygen atoms in total. The second-order valence-corrected chi connectivity index (χ2v) is 3.13. The first-order valence-corrected chi connectivity index (χ1v) is 2.05. The van der Waals surface area contributed by atoms with Gasteiger partial charge in [-0.1, -0.05) is 34.8 Å². The summed E-state index contributed by atoms with van der Waals surface area (Å²) in [5.74, 6) is 0. The first kappa shape index (κ1) is 10.8. The van der Waals surface area contributed by atoms with E-state index in [4.69, 9.17) is 34.8 Å². The van der Waals surface area contributed by atoms with Crippen LogP contribution in [0.1, 0.15) is 0 Å². The summed E-state index contributed by atoms with van der Waals surface area (Å²) in [6.07, 6.45) is 0. The molecule has 0 aliphatic rings. The van der Waals surface area contributed by atoms with E-state index >= 15 is 0 Å². The summed E-state index contributed by atoms with van der Waals surface area (Å²) in [7, 11) is 0. The quantitative estimate of drug-likeness (QED) is 0.369. The molecular weight excluding hydrogens is 153 g/mol. The van der Waals surface area contributed by atoms with Gasteiger partial charge in [-0.25, -0.2) is 0 Å². The Labute approximate surface area is 74.4 Å². The number of hydrogen-bond donors (Lipinski definition) is 0. The van der Waals surface area contributed by atoms with Crippen molar-refractivity contribution >= 4 is 64.4 Å². The van der Waals surface area contributed by atoms with Crippen molar-refractivity contribution in [2.75, 3.05) is 0 Å². The van der Waals surface area contributed by atoms with Crippen LogP contribution in [0.15, 0.2) is 0 Å². The van der Waals surface area contributed by atoms with Crippen molar-refractivity contribution in [1.29, 1.82) is 0 Å². The molecule has 0 unspecified atom stereocenters. The molecule has 6 heavy (non-hydrogen) atoms. The molecule has 0 fully saturated rings. The normalized spacial score (nSPS) is 10.0. The Kier molecular flexibility index (Phi) is 6.87. The van der Waals surface area contributed by atoms with Crippen LogP contribution in [0.25, 0.3) is 0 Å². The number of halogens is 3. The number of rotatable bonds is 0. The molecule has 0 rings (SSSR count). The van der Waals surface area contributed by atoms with Gasteiger partial charge >= 0.3 is 29.6 Å². The van der Waals surface area contributed by atoms with Gasteiger partial charge in [-0.15, -0.1) is 0 Å². The topological polar surface area (TPSA) is 0 Å². The fourth-order valence-corrected chi connectivity index (χ4v) is 0. The van der Waals surface area contributed by atoms with E-state index in [1.54, 1.807) is 0 Å².